The van der Waals surface area contributed by atoms with Crippen molar-refractivity contribution in [3.05, 3.63) is 58.1 Å². The summed E-state index contributed by atoms with van der Waals surface area (Å²) in [6, 6.07) is 11.1. The molecule has 0 radical (unpaired) electrons. The Morgan fingerprint density at radius 3 is 2.65 bits per heavy atom. The Balaban J connectivity index is 1.66. The number of hydrogen-bond acceptors (Lipinski definition) is 6. The van der Waals surface area contributed by atoms with E-state index in [9.17, 15) is 18.3 Å². The van der Waals surface area contributed by atoms with Crippen molar-refractivity contribution in [2.75, 3.05) is 23.7 Å². The molecular formula is C31H43ClN2O5S. The van der Waals surface area contributed by atoms with E-state index in [-0.39, 0.29) is 23.3 Å². The number of sulfonamides is 1. The number of unbranched alkanes of at least 4 members (excludes halogenated alkanes) is 2. The summed E-state index contributed by atoms with van der Waals surface area (Å²) in [5.74, 6) is 0.842. The summed E-state index contributed by atoms with van der Waals surface area (Å²) in [6.45, 7) is 7.92. The van der Waals surface area contributed by atoms with Crippen molar-refractivity contribution in [1.82, 2.24) is 4.72 Å². The topological polar surface area (TPSA) is 95.9 Å². The molecule has 0 saturated heterocycles. The molecule has 220 valence electrons. The lowest BCUT2D eigenvalue weighted by Gasteiger charge is -2.43. The number of halogens is 1. The second kappa shape index (κ2) is 13.6. The van der Waals surface area contributed by atoms with E-state index in [4.69, 9.17) is 16.3 Å². The molecule has 4 atom stereocenters. The molecule has 0 unspecified atom stereocenters. The fraction of sp³-hybridized carbons (Fsp3) is 0.581. The Bertz CT molecular complexity index is 1280. The van der Waals surface area contributed by atoms with Crippen molar-refractivity contribution in [2.45, 2.75) is 78.4 Å². The molecule has 1 saturated carbocycles. The van der Waals surface area contributed by atoms with E-state index in [1.807, 2.05) is 32.0 Å². The first-order valence-corrected chi connectivity index (χ1v) is 16.6. The third kappa shape index (κ3) is 7.92. The number of amides is 1. The summed E-state index contributed by atoms with van der Waals surface area (Å²) in [4.78, 5) is 15.4. The zero-order chi connectivity index (χ0) is 28.9. The van der Waals surface area contributed by atoms with E-state index >= 15 is 0 Å². The number of aliphatic hydroxyl groups excluding tert-OH is 1. The minimum absolute atomic E-state index is 0.0733. The number of ether oxygens (including phenoxy) is 1. The molecule has 0 aromatic heterocycles. The molecular weight excluding hydrogens is 548 g/mol. The maximum Gasteiger partial charge on any atom is 0.264 e. The van der Waals surface area contributed by atoms with Crippen molar-refractivity contribution < 1.29 is 23.1 Å². The second-order valence-corrected chi connectivity index (χ2v) is 13.9. The first-order chi connectivity index (χ1) is 19.1. The largest absolute Gasteiger partial charge is 0.487 e. The van der Waals surface area contributed by atoms with Gasteiger partial charge < -0.3 is 14.7 Å². The van der Waals surface area contributed by atoms with Crippen LogP contribution >= 0.6 is 11.6 Å². The number of nitrogens with one attached hydrogen (secondary N) is 1. The van der Waals surface area contributed by atoms with Crippen LogP contribution in [0.1, 0.15) is 80.8 Å². The van der Waals surface area contributed by atoms with Gasteiger partial charge in [0.05, 0.1) is 17.5 Å². The number of carbonyl (C=O) groups is 1. The Hall–Kier alpha value is -2.29. The van der Waals surface area contributed by atoms with Crippen molar-refractivity contribution in [1.29, 1.82) is 0 Å². The van der Waals surface area contributed by atoms with Crippen molar-refractivity contribution in [2.24, 2.45) is 17.8 Å². The number of rotatable bonds is 9. The fourth-order valence-corrected chi connectivity index (χ4v) is 7.11. The Morgan fingerprint density at radius 1 is 1.15 bits per heavy atom. The minimum Gasteiger partial charge on any atom is -0.487 e. The average molecular weight is 591 g/mol. The van der Waals surface area contributed by atoms with Crippen LogP contribution in [0.25, 0.3) is 0 Å². The summed E-state index contributed by atoms with van der Waals surface area (Å²) in [5.41, 5.74) is 3.30. The molecule has 1 heterocycles. The number of aryl methyl sites for hydroxylation is 1. The molecule has 1 amide bonds. The number of benzene rings is 2. The lowest BCUT2D eigenvalue weighted by Crippen LogP contribution is -2.43. The maximum atomic E-state index is 13.1. The smallest absolute Gasteiger partial charge is 0.264 e. The maximum absolute atomic E-state index is 13.1. The van der Waals surface area contributed by atoms with Crippen LogP contribution in [0.2, 0.25) is 5.02 Å². The minimum atomic E-state index is -3.72. The number of nitrogens with zero attached hydrogens (tertiary/aromatic N) is 1. The Morgan fingerprint density at radius 2 is 1.95 bits per heavy atom. The van der Waals surface area contributed by atoms with Gasteiger partial charge in [-0.05, 0) is 98.2 Å². The molecule has 2 aromatic rings. The highest BCUT2D eigenvalue weighted by atomic mass is 35.5. The monoisotopic (exact) mass is 590 g/mol. The summed E-state index contributed by atoms with van der Waals surface area (Å²) in [7, 11) is -3.72. The van der Waals surface area contributed by atoms with Crippen molar-refractivity contribution in [3.63, 3.8) is 0 Å². The highest BCUT2D eigenvalue weighted by Gasteiger charge is 2.36. The highest BCUT2D eigenvalue weighted by molar-refractivity contribution is 7.90. The molecule has 2 aromatic carbocycles. The normalized spacial score (nSPS) is 22.1. The second-order valence-electron chi connectivity index (χ2n) is 11.6. The summed E-state index contributed by atoms with van der Waals surface area (Å²) >= 11 is 6.31. The molecule has 7 nitrogen and oxygen atoms in total. The quantitative estimate of drug-likeness (QED) is 0.350. The molecule has 2 N–H and O–H groups in total. The van der Waals surface area contributed by atoms with Crippen LogP contribution in [-0.2, 0) is 23.1 Å². The van der Waals surface area contributed by atoms with Crippen LogP contribution in [0.4, 0.5) is 5.69 Å². The molecule has 0 bridgehead atoms. The van der Waals surface area contributed by atoms with Gasteiger partial charge in [-0.25, -0.2) is 13.1 Å². The summed E-state index contributed by atoms with van der Waals surface area (Å²) in [6.07, 6.45) is 5.72. The van der Waals surface area contributed by atoms with Crippen LogP contribution in [0.5, 0.6) is 5.75 Å². The van der Waals surface area contributed by atoms with Gasteiger partial charge in [-0.2, -0.15) is 0 Å². The van der Waals surface area contributed by atoms with Crippen LogP contribution in [0.3, 0.4) is 0 Å². The van der Waals surface area contributed by atoms with E-state index < -0.39 is 15.9 Å². The van der Waals surface area contributed by atoms with Crippen LogP contribution in [-0.4, -0.2) is 44.4 Å². The van der Waals surface area contributed by atoms with Gasteiger partial charge in [0, 0.05) is 23.7 Å². The predicted molar refractivity (Wildman–Crippen MR) is 161 cm³/mol. The van der Waals surface area contributed by atoms with Crippen molar-refractivity contribution in [3.8, 4) is 5.75 Å². The molecule has 4 rings (SSSR count). The first kappa shape index (κ1) is 30.7. The third-order valence-electron chi connectivity index (χ3n) is 8.37. The lowest BCUT2D eigenvalue weighted by atomic mass is 9.70. The molecule has 0 spiro atoms. The molecule has 40 heavy (non-hydrogen) atoms. The molecule has 1 fully saturated rings. The van der Waals surface area contributed by atoms with E-state index in [0.29, 0.717) is 35.6 Å². The predicted octanol–water partition coefficient (Wildman–Crippen LogP) is 5.96. The highest BCUT2D eigenvalue weighted by Crippen LogP contribution is 2.40. The van der Waals surface area contributed by atoms with Gasteiger partial charge in [-0.1, -0.05) is 44.4 Å². The van der Waals surface area contributed by atoms with Crippen LogP contribution in [0, 0.1) is 17.8 Å². The molecule has 9 heteroatoms. The van der Waals surface area contributed by atoms with Gasteiger partial charge >= 0.3 is 0 Å². The molecule has 2 aliphatic rings. The zero-order valence-electron chi connectivity index (χ0n) is 23.9. The molecule has 1 aliphatic carbocycles. The number of hydrogen-bond donors (Lipinski definition) is 2. The van der Waals surface area contributed by atoms with Crippen LogP contribution < -0.4 is 14.4 Å². The lowest BCUT2D eigenvalue weighted by molar-refractivity contribution is 0.0280. The fourth-order valence-electron chi connectivity index (χ4n) is 5.82. The molecule has 1 aliphatic heterocycles. The van der Waals surface area contributed by atoms with E-state index in [1.165, 1.54) is 5.56 Å². The number of aliphatic hydroxyl groups is 1. The number of anilines is 1. The number of carbonyl (C=O) groups excluding carboxylic acids is 1. The summed E-state index contributed by atoms with van der Waals surface area (Å²) in [5, 5.41) is 11.0. The van der Waals surface area contributed by atoms with Gasteiger partial charge in [0.25, 0.3) is 5.91 Å². The Kier molecular flexibility index (Phi) is 10.4. The zero-order valence-corrected chi connectivity index (χ0v) is 25.4. The van der Waals surface area contributed by atoms with E-state index in [0.717, 1.165) is 62.9 Å². The van der Waals surface area contributed by atoms with E-state index in [2.05, 4.69) is 16.5 Å². The van der Waals surface area contributed by atoms with Gasteiger partial charge in [-0.3, -0.25) is 4.79 Å². The summed E-state index contributed by atoms with van der Waals surface area (Å²) < 4.78 is 33.7. The van der Waals surface area contributed by atoms with Gasteiger partial charge in [-0.15, -0.1) is 0 Å². The Labute approximate surface area is 244 Å². The van der Waals surface area contributed by atoms with Gasteiger partial charge in [0.2, 0.25) is 10.0 Å². The standard InChI is InChI=1S/C31H43ClN2O5S/c1-4-5-6-15-40(37,38)33-31(36)24-11-14-30-29(17-24)34(19-25-10-13-28(25)22(3)35)18-21(2)7-8-23-16-27(32)12-9-26(23)20-39-30/h9,11-12,14,16-17,21-22,25,28,35H,4-8,10,13,15,18-20H2,1-3H3,(H,33,36)/t21-,22+,25+,28+/m1/s1. The van der Waals surface area contributed by atoms with Crippen molar-refractivity contribution >= 4 is 33.2 Å². The first-order valence-electron chi connectivity index (χ1n) is 14.6. The van der Waals surface area contributed by atoms with Gasteiger partial charge in [0.15, 0.2) is 0 Å². The number of fused-ring (bicyclic) bond motifs is 2. The van der Waals surface area contributed by atoms with Gasteiger partial charge in [0.1, 0.15) is 12.4 Å². The van der Waals surface area contributed by atoms with Crippen LogP contribution in [0.15, 0.2) is 36.4 Å². The van der Waals surface area contributed by atoms with E-state index in [1.54, 1.807) is 18.2 Å². The third-order valence-corrected chi connectivity index (χ3v) is 9.93. The SMILES string of the molecule is CCCCCS(=O)(=O)NC(=O)c1ccc2c(c1)N(C[C@@H]1CC[C@H]1[C@H](C)O)C[C@H](C)CCc1cc(Cl)ccc1CO2. The average Bonchev–Trinajstić information content (AvgIpc) is 2.89.